The fourth-order valence-corrected chi connectivity index (χ4v) is 4.42. The van der Waals surface area contributed by atoms with E-state index in [0.717, 1.165) is 11.8 Å². The Balaban J connectivity index is 2.05. The minimum absolute atomic E-state index is 0.106. The zero-order chi connectivity index (χ0) is 20.4. The van der Waals surface area contributed by atoms with Crippen LogP contribution in [0.2, 0.25) is 10.0 Å². The second kappa shape index (κ2) is 8.23. The van der Waals surface area contributed by atoms with Crippen molar-refractivity contribution < 1.29 is 14.0 Å². The Labute approximate surface area is 174 Å². The van der Waals surface area contributed by atoms with Crippen LogP contribution < -0.4 is 10.6 Å². The number of hydrogen-bond donors (Lipinski definition) is 1. The van der Waals surface area contributed by atoms with Gasteiger partial charge in [-0.2, -0.15) is 5.26 Å². The quantitative estimate of drug-likeness (QED) is 0.579. The second-order valence-corrected chi connectivity index (χ2v) is 7.89. The number of halogens is 3. The molecule has 0 aromatic heterocycles. The summed E-state index contributed by atoms with van der Waals surface area (Å²) in [6.45, 7) is 0. The largest absolute Gasteiger partial charge is 0.365 e. The monoisotopic (exact) mass is 435 g/mol. The standard InChI is InChI=1S/C19H12Cl2FN3O2S/c20-11-1-6-15(21)10(7-11)8-16-18(27)25(13-4-2-12(22)3-5-13)19(28-16)14(9-23)17(24)26/h1-7,16H,8H2,(H2,24,26). The van der Waals surface area contributed by atoms with Gasteiger partial charge in [0.25, 0.3) is 5.91 Å². The molecular formula is C19H12Cl2FN3O2S. The smallest absolute Gasteiger partial charge is 0.262 e. The van der Waals surface area contributed by atoms with Crippen molar-refractivity contribution in [3.63, 3.8) is 0 Å². The summed E-state index contributed by atoms with van der Waals surface area (Å²) < 4.78 is 13.3. The third-order valence-corrected chi connectivity index (χ3v) is 5.89. The molecule has 1 saturated heterocycles. The van der Waals surface area contributed by atoms with Crippen LogP contribution in [0.3, 0.4) is 0 Å². The lowest BCUT2D eigenvalue weighted by Crippen LogP contribution is -2.31. The van der Waals surface area contributed by atoms with E-state index in [4.69, 9.17) is 28.9 Å². The van der Waals surface area contributed by atoms with E-state index in [0.29, 0.717) is 21.3 Å². The number of nitrogens with zero attached hydrogens (tertiary/aromatic N) is 2. The molecule has 1 atom stereocenters. The molecule has 2 aromatic carbocycles. The van der Waals surface area contributed by atoms with E-state index in [-0.39, 0.29) is 22.9 Å². The summed E-state index contributed by atoms with van der Waals surface area (Å²) in [7, 11) is 0. The van der Waals surface area contributed by atoms with Crippen LogP contribution in [0.25, 0.3) is 0 Å². The topological polar surface area (TPSA) is 87.2 Å². The zero-order valence-corrected chi connectivity index (χ0v) is 16.5. The van der Waals surface area contributed by atoms with Gasteiger partial charge in [-0.05, 0) is 54.4 Å². The van der Waals surface area contributed by atoms with Crippen molar-refractivity contribution in [2.75, 3.05) is 4.90 Å². The molecule has 1 heterocycles. The molecule has 2 amide bonds. The van der Waals surface area contributed by atoms with Gasteiger partial charge in [-0.25, -0.2) is 4.39 Å². The van der Waals surface area contributed by atoms with Crippen LogP contribution in [-0.2, 0) is 16.0 Å². The number of benzene rings is 2. The van der Waals surface area contributed by atoms with Gasteiger partial charge in [-0.3, -0.25) is 14.5 Å². The molecule has 1 unspecified atom stereocenters. The highest BCUT2D eigenvalue weighted by Crippen LogP contribution is 2.42. The Morgan fingerprint density at radius 2 is 1.93 bits per heavy atom. The van der Waals surface area contributed by atoms with Gasteiger partial charge in [-0.1, -0.05) is 35.0 Å². The number of anilines is 1. The van der Waals surface area contributed by atoms with Gasteiger partial charge >= 0.3 is 0 Å². The van der Waals surface area contributed by atoms with Crippen LogP contribution >= 0.6 is 35.0 Å². The first-order valence-corrected chi connectivity index (χ1v) is 9.59. The van der Waals surface area contributed by atoms with E-state index in [1.54, 1.807) is 24.3 Å². The van der Waals surface area contributed by atoms with Gasteiger partial charge < -0.3 is 5.73 Å². The van der Waals surface area contributed by atoms with E-state index in [1.165, 1.54) is 29.2 Å². The van der Waals surface area contributed by atoms with Crippen LogP contribution in [-0.4, -0.2) is 17.1 Å². The van der Waals surface area contributed by atoms with Crippen LogP contribution in [0.15, 0.2) is 53.1 Å². The molecule has 1 fully saturated rings. The Hall–Kier alpha value is -2.53. The Morgan fingerprint density at radius 3 is 2.54 bits per heavy atom. The molecule has 28 heavy (non-hydrogen) atoms. The molecule has 5 nitrogen and oxygen atoms in total. The number of thioether (sulfide) groups is 1. The van der Waals surface area contributed by atoms with E-state index in [1.807, 2.05) is 0 Å². The third kappa shape index (κ3) is 3.99. The molecule has 0 saturated carbocycles. The lowest BCUT2D eigenvalue weighted by molar-refractivity contribution is -0.117. The van der Waals surface area contributed by atoms with Crippen molar-refractivity contribution in [1.82, 2.24) is 0 Å². The first kappa shape index (κ1) is 20.2. The molecule has 0 aliphatic carbocycles. The summed E-state index contributed by atoms with van der Waals surface area (Å²) >= 11 is 13.2. The Morgan fingerprint density at radius 1 is 1.25 bits per heavy atom. The molecule has 0 radical (unpaired) electrons. The normalized spacial score (nSPS) is 18.1. The SMILES string of the molecule is N#CC(C(N)=O)=C1SC(Cc2cc(Cl)ccc2Cl)C(=O)N1c1ccc(F)cc1. The number of carbonyl (C=O) groups is 2. The number of carbonyl (C=O) groups excluding carboxylic acids is 2. The summed E-state index contributed by atoms with van der Waals surface area (Å²) in [6, 6.07) is 11.8. The molecule has 0 spiro atoms. The number of hydrogen-bond acceptors (Lipinski definition) is 4. The highest BCUT2D eigenvalue weighted by Gasteiger charge is 2.40. The minimum atomic E-state index is -0.952. The predicted octanol–water partition coefficient (Wildman–Crippen LogP) is 4.04. The molecule has 1 aliphatic rings. The van der Waals surface area contributed by atoms with Crippen LogP contribution in [0.4, 0.5) is 10.1 Å². The van der Waals surface area contributed by atoms with Crippen LogP contribution in [0.5, 0.6) is 0 Å². The number of primary amides is 1. The highest BCUT2D eigenvalue weighted by molar-refractivity contribution is 8.05. The van der Waals surface area contributed by atoms with Crippen LogP contribution in [0, 0.1) is 17.1 Å². The molecule has 1 aliphatic heterocycles. The average molecular weight is 436 g/mol. The first-order chi connectivity index (χ1) is 13.3. The maximum absolute atomic E-state index is 13.3. The maximum atomic E-state index is 13.3. The predicted molar refractivity (Wildman–Crippen MR) is 107 cm³/mol. The molecule has 9 heteroatoms. The number of nitriles is 1. The summed E-state index contributed by atoms with van der Waals surface area (Å²) in [5.41, 5.74) is 5.94. The maximum Gasteiger partial charge on any atom is 0.262 e. The number of rotatable bonds is 4. The molecule has 3 rings (SSSR count). The van der Waals surface area contributed by atoms with Crippen molar-refractivity contribution in [2.24, 2.45) is 5.73 Å². The van der Waals surface area contributed by atoms with Gasteiger partial charge in [0.05, 0.1) is 5.25 Å². The van der Waals surface area contributed by atoms with Gasteiger partial charge in [0.15, 0.2) is 0 Å². The van der Waals surface area contributed by atoms with Crippen molar-refractivity contribution in [3.8, 4) is 6.07 Å². The van der Waals surface area contributed by atoms with Gasteiger partial charge in [0.2, 0.25) is 5.91 Å². The first-order valence-electron chi connectivity index (χ1n) is 7.96. The van der Waals surface area contributed by atoms with Gasteiger partial charge in [-0.15, -0.1) is 0 Å². The van der Waals surface area contributed by atoms with E-state index < -0.39 is 17.0 Å². The molecule has 2 N–H and O–H groups in total. The molecule has 0 bridgehead atoms. The van der Waals surface area contributed by atoms with E-state index in [2.05, 4.69) is 0 Å². The Kier molecular flexibility index (Phi) is 5.94. The summed E-state index contributed by atoms with van der Waals surface area (Å²) in [4.78, 5) is 26.0. The summed E-state index contributed by atoms with van der Waals surface area (Å²) in [5, 5.41) is 9.70. The zero-order valence-electron chi connectivity index (χ0n) is 14.2. The summed E-state index contributed by atoms with van der Waals surface area (Å²) in [5.74, 6) is -1.81. The highest BCUT2D eigenvalue weighted by atomic mass is 35.5. The average Bonchev–Trinajstić information content (AvgIpc) is 2.95. The van der Waals surface area contributed by atoms with Crippen molar-refractivity contribution in [3.05, 3.63) is 74.5 Å². The van der Waals surface area contributed by atoms with Crippen LogP contribution in [0.1, 0.15) is 5.56 Å². The molecule has 142 valence electrons. The van der Waals surface area contributed by atoms with E-state index >= 15 is 0 Å². The van der Waals surface area contributed by atoms with Gasteiger partial charge in [0.1, 0.15) is 22.5 Å². The lowest BCUT2D eigenvalue weighted by Gasteiger charge is -2.18. The van der Waals surface area contributed by atoms with Crippen molar-refractivity contribution >= 4 is 52.5 Å². The van der Waals surface area contributed by atoms with Crippen molar-refractivity contribution in [2.45, 2.75) is 11.7 Å². The summed E-state index contributed by atoms with van der Waals surface area (Å²) in [6.07, 6.45) is 0.224. The lowest BCUT2D eigenvalue weighted by atomic mass is 10.1. The third-order valence-electron chi connectivity index (χ3n) is 4.02. The molecular weight excluding hydrogens is 424 g/mol. The second-order valence-electron chi connectivity index (χ2n) is 5.85. The number of nitrogens with two attached hydrogens (primary N) is 1. The fourth-order valence-electron chi connectivity index (χ4n) is 2.72. The minimum Gasteiger partial charge on any atom is -0.365 e. The van der Waals surface area contributed by atoms with Gasteiger partial charge in [0, 0.05) is 15.7 Å². The van der Waals surface area contributed by atoms with Crippen molar-refractivity contribution in [1.29, 1.82) is 5.26 Å². The fraction of sp³-hybridized carbons (Fsp3) is 0.105. The molecule has 2 aromatic rings. The number of amides is 2. The van der Waals surface area contributed by atoms with E-state index in [9.17, 15) is 19.2 Å². The Bertz CT molecular complexity index is 1030.